The highest BCUT2D eigenvalue weighted by atomic mass is 79.9. The van der Waals surface area contributed by atoms with Crippen molar-refractivity contribution in [3.63, 3.8) is 0 Å². The van der Waals surface area contributed by atoms with Crippen molar-refractivity contribution in [1.82, 2.24) is 15.6 Å². The van der Waals surface area contributed by atoms with Crippen LogP contribution < -0.4 is 20.1 Å². The van der Waals surface area contributed by atoms with Crippen LogP contribution >= 0.6 is 15.9 Å². The lowest BCUT2D eigenvalue weighted by molar-refractivity contribution is 0.265. The molecule has 0 spiro atoms. The van der Waals surface area contributed by atoms with E-state index in [4.69, 9.17) is 9.47 Å². The first kappa shape index (κ1) is 21.1. The summed E-state index contributed by atoms with van der Waals surface area (Å²) in [6, 6.07) is 10.1. The second-order valence-corrected chi connectivity index (χ2v) is 8.50. The maximum atomic E-state index is 6.05. The Hall–Kier alpha value is -1.63. The van der Waals surface area contributed by atoms with E-state index in [1.807, 2.05) is 18.2 Å². The molecule has 1 fully saturated rings. The van der Waals surface area contributed by atoms with E-state index in [-0.39, 0.29) is 0 Å². The minimum atomic E-state index is 0.461. The normalized spacial score (nSPS) is 16.5. The molecule has 6 heteroatoms. The van der Waals surface area contributed by atoms with Crippen LogP contribution in [0.3, 0.4) is 0 Å². The van der Waals surface area contributed by atoms with Crippen molar-refractivity contribution in [1.29, 1.82) is 0 Å². The van der Waals surface area contributed by atoms with Gasteiger partial charge in [-0.05, 0) is 77.6 Å². The molecule has 2 N–H and O–H groups in total. The van der Waals surface area contributed by atoms with Gasteiger partial charge in [-0.15, -0.1) is 0 Å². The molecule has 3 rings (SSSR count). The fourth-order valence-electron chi connectivity index (χ4n) is 3.16. The maximum Gasteiger partial charge on any atom is 0.123 e. The van der Waals surface area contributed by atoms with E-state index in [0.717, 1.165) is 53.8 Å². The summed E-state index contributed by atoms with van der Waals surface area (Å²) in [6.45, 7) is 9.54. The van der Waals surface area contributed by atoms with Crippen LogP contribution in [-0.4, -0.2) is 31.2 Å². The van der Waals surface area contributed by atoms with Crippen molar-refractivity contribution in [2.24, 2.45) is 11.8 Å². The molecule has 0 aliphatic carbocycles. The third-order valence-corrected chi connectivity index (χ3v) is 5.39. The van der Waals surface area contributed by atoms with Gasteiger partial charge in [0, 0.05) is 24.4 Å². The van der Waals surface area contributed by atoms with E-state index in [1.54, 1.807) is 6.20 Å². The second kappa shape index (κ2) is 10.8. The Morgan fingerprint density at radius 1 is 1.25 bits per heavy atom. The van der Waals surface area contributed by atoms with Crippen LogP contribution in [0, 0.1) is 11.8 Å². The van der Waals surface area contributed by atoms with Crippen molar-refractivity contribution >= 4 is 15.9 Å². The number of ether oxygens (including phenoxy) is 2. The number of benzene rings is 1. The summed E-state index contributed by atoms with van der Waals surface area (Å²) < 4.78 is 12.8. The van der Waals surface area contributed by atoms with Crippen LogP contribution in [0.1, 0.15) is 31.4 Å². The zero-order valence-electron chi connectivity index (χ0n) is 16.7. The quantitative estimate of drug-likeness (QED) is 0.535. The van der Waals surface area contributed by atoms with Gasteiger partial charge in [0.25, 0.3) is 0 Å². The number of nitrogens with one attached hydrogen (secondary N) is 2. The monoisotopic (exact) mass is 447 g/mol. The number of halogens is 1. The Bertz CT molecular complexity index is 748. The van der Waals surface area contributed by atoms with Crippen LogP contribution in [0.2, 0.25) is 0 Å². The summed E-state index contributed by atoms with van der Waals surface area (Å²) in [7, 11) is 0. The molecule has 0 saturated carbocycles. The fraction of sp³-hybridized carbons (Fsp3) is 0.500. The first-order valence-electron chi connectivity index (χ1n) is 10.0. The zero-order valence-corrected chi connectivity index (χ0v) is 18.3. The van der Waals surface area contributed by atoms with E-state index < -0.39 is 0 Å². The molecule has 152 valence electrons. The molecule has 5 nitrogen and oxygen atoms in total. The first-order valence-corrected chi connectivity index (χ1v) is 10.8. The van der Waals surface area contributed by atoms with E-state index in [9.17, 15) is 0 Å². The highest BCUT2D eigenvalue weighted by molar-refractivity contribution is 9.10. The smallest absolute Gasteiger partial charge is 0.123 e. The zero-order chi connectivity index (χ0) is 19.8. The molecule has 0 radical (unpaired) electrons. The fourth-order valence-corrected chi connectivity index (χ4v) is 3.52. The van der Waals surface area contributed by atoms with Gasteiger partial charge in [0.1, 0.15) is 22.7 Å². The molecule has 1 aliphatic heterocycles. The topological polar surface area (TPSA) is 55.4 Å². The van der Waals surface area contributed by atoms with Crippen LogP contribution in [-0.2, 0) is 13.2 Å². The van der Waals surface area contributed by atoms with Gasteiger partial charge in [-0.25, -0.2) is 4.98 Å². The number of hydrogen-bond acceptors (Lipinski definition) is 5. The predicted molar refractivity (Wildman–Crippen MR) is 116 cm³/mol. The standard InChI is InChI=1S/C22H30BrN3O2/c1-16(2)14-27-20-8-18(13-25-12-17-5-7-24-11-17)9-21(10-20)28-15-19-4-3-6-26-22(19)23/h3-4,6,8-10,16-17,24-25H,5,7,11-15H2,1-2H3. The van der Waals surface area contributed by atoms with Gasteiger partial charge in [-0.3, -0.25) is 0 Å². The largest absolute Gasteiger partial charge is 0.493 e. The molecule has 1 aliphatic rings. The molecule has 2 aromatic rings. The van der Waals surface area contributed by atoms with Crippen molar-refractivity contribution < 1.29 is 9.47 Å². The predicted octanol–water partition coefficient (Wildman–Crippen LogP) is 4.16. The Labute approximate surface area is 176 Å². The lowest BCUT2D eigenvalue weighted by Crippen LogP contribution is -2.24. The van der Waals surface area contributed by atoms with E-state index >= 15 is 0 Å². The first-order chi connectivity index (χ1) is 13.6. The van der Waals surface area contributed by atoms with Crippen LogP contribution in [0.5, 0.6) is 11.5 Å². The Kier molecular flexibility index (Phi) is 8.13. The summed E-state index contributed by atoms with van der Waals surface area (Å²) in [5, 5.41) is 6.99. The summed E-state index contributed by atoms with van der Waals surface area (Å²) in [6.07, 6.45) is 3.01. The van der Waals surface area contributed by atoms with Crippen molar-refractivity contribution in [2.45, 2.75) is 33.4 Å². The average molecular weight is 448 g/mol. The highest BCUT2D eigenvalue weighted by Crippen LogP contribution is 2.25. The average Bonchev–Trinajstić information content (AvgIpc) is 3.19. The molecule has 1 atom stereocenters. The molecule has 0 amide bonds. The number of hydrogen-bond donors (Lipinski definition) is 2. The minimum absolute atomic E-state index is 0.461. The summed E-state index contributed by atoms with van der Waals surface area (Å²) in [5.74, 6) is 2.87. The van der Waals surface area contributed by atoms with Gasteiger partial charge in [0.05, 0.1) is 6.61 Å². The lowest BCUT2D eigenvalue weighted by Gasteiger charge is -2.15. The van der Waals surface area contributed by atoms with Gasteiger partial charge in [-0.2, -0.15) is 0 Å². The van der Waals surface area contributed by atoms with E-state index in [1.165, 1.54) is 12.0 Å². The van der Waals surface area contributed by atoms with Gasteiger partial charge >= 0.3 is 0 Å². The lowest BCUT2D eigenvalue weighted by atomic mass is 10.1. The number of aromatic nitrogens is 1. The molecular formula is C22H30BrN3O2. The SMILES string of the molecule is CC(C)COc1cc(CNCC2CCNC2)cc(OCc2cccnc2Br)c1. The number of nitrogens with zero attached hydrogens (tertiary/aromatic N) is 1. The minimum Gasteiger partial charge on any atom is -0.493 e. The van der Waals surface area contributed by atoms with Gasteiger partial charge in [0.2, 0.25) is 0 Å². The Morgan fingerprint density at radius 2 is 2.07 bits per heavy atom. The van der Waals surface area contributed by atoms with E-state index in [0.29, 0.717) is 19.1 Å². The van der Waals surface area contributed by atoms with Gasteiger partial charge < -0.3 is 20.1 Å². The van der Waals surface area contributed by atoms with Crippen molar-refractivity contribution in [3.8, 4) is 11.5 Å². The summed E-state index contributed by atoms with van der Waals surface area (Å²) in [4.78, 5) is 4.25. The van der Waals surface area contributed by atoms with Crippen LogP contribution in [0.25, 0.3) is 0 Å². The van der Waals surface area contributed by atoms with Crippen LogP contribution in [0.4, 0.5) is 0 Å². The molecule has 28 heavy (non-hydrogen) atoms. The molecule has 2 heterocycles. The molecule has 1 aromatic carbocycles. The molecule has 1 unspecified atom stereocenters. The van der Waals surface area contributed by atoms with Crippen LogP contribution in [0.15, 0.2) is 41.1 Å². The Morgan fingerprint density at radius 3 is 2.79 bits per heavy atom. The van der Waals surface area contributed by atoms with E-state index in [2.05, 4.69) is 57.5 Å². The number of rotatable bonds is 10. The van der Waals surface area contributed by atoms with Gasteiger partial charge in [-0.1, -0.05) is 19.9 Å². The molecule has 0 bridgehead atoms. The Balaban J connectivity index is 1.64. The molecule has 1 saturated heterocycles. The third kappa shape index (κ3) is 6.76. The summed E-state index contributed by atoms with van der Waals surface area (Å²) >= 11 is 3.48. The van der Waals surface area contributed by atoms with Crippen molar-refractivity contribution in [3.05, 3.63) is 52.3 Å². The molecular weight excluding hydrogens is 418 g/mol. The second-order valence-electron chi connectivity index (χ2n) is 7.75. The van der Waals surface area contributed by atoms with Gasteiger partial charge in [0.15, 0.2) is 0 Å². The number of pyridine rings is 1. The maximum absolute atomic E-state index is 6.05. The molecule has 1 aromatic heterocycles. The summed E-state index contributed by atoms with van der Waals surface area (Å²) in [5.41, 5.74) is 2.19. The third-order valence-electron chi connectivity index (χ3n) is 4.68. The highest BCUT2D eigenvalue weighted by Gasteiger charge is 2.13. The van der Waals surface area contributed by atoms with Crippen molar-refractivity contribution in [2.75, 3.05) is 26.2 Å².